The van der Waals surface area contributed by atoms with Crippen LogP contribution in [0.3, 0.4) is 0 Å². The molecule has 1 N–H and O–H groups in total. The molecule has 1 aromatic heterocycles. The highest BCUT2D eigenvalue weighted by Crippen LogP contribution is 2.28. The van der Waals surface area contributed by atoms with Crippen molar-refractivity contribution in [3.63, 3.8) is 0 Å². The maximum atomic E-state index is 12.2. The first-order valence-corrected chi connectivity index (χ1v) is 7.81. The maximum absolute atomic E-state index is 12.2. The molecule has 120 valence electrons. The molecule has 0 atom stereocenters. The number of anilines is 1. The van der Waals surface area contributed by atoms with Crippen LogP contribution in [-0.4, -0.2) is 21.0 Å². The van der Waals surface area contributed by atoms with E-state index in [-0.39, 0.29) is 5.69 Å². The zero-order valence-electron chi connectivity index (χ0n) is 12.6. The number of nitrogens with zero attached hydrogens (tertiary/aromatic N) is 3. The molecular weight excluding hydrogens is 328 g/mol. The number of nitro groups is 1. The molecule has 24 heavy (non-hydrogen) atoms. The second-order valence-corrected chi connectivity index (χ2v) is 5.96. The van der Waals surface area contributed by atoms with Crippen molar-refractivity contribution in [3.05, 3.63) is 69.8 Å². The Bertz CT molecular complexity index is 906. The summed E-state index contributed by atoms with van der Waals surface area (Å²) >= 11 is 1.27. The smallest absolute Gasteiger partial charge is 0.269 e. The van der Waals surface area contributed by atoms with Gasteiger partial charge in [-0.2, -0.15) is 0 Å². The van der Waals surface area contributed by atoms with Crippen molar-refractivity contribution in [2.24, 2.45) is 0 Å². The van der Waals surface area contributed by atoms with Crippen LogP contribution in [0.15, 0.2) is 48.5 Å². The molecule has 0 aliphatic heterocycles. The molecule has 8 heteroatoms. The number of hydrogen-bond donors (Lipinski definition) is 1. The van der Waals surface area contributed by atoms with Gasteiger partial charge in [0.25, 0.3) is 11.6 Å². The zero-order valence-corrected chi connectivity index (χ0v) is 13.4. The van der Waals surface area contributed by atoms with Crippen molar-refractivity contribution in [2.75, 3.05) is 5.32 Å². The molecule has 0 saturated heterocycles. The normalized spacial score (nSPS) is 10.4. The largest absolute Gasteiger partial charge is 0.296 e. The Hall–Kier alpha value is -3.13. The van der Waals surface area contributed by atoms with Crippen LogP contribution >= 0.6 is 11.3 Å². The van der Waals surface area contributed by atoms with E-state index in [9.17, 15) is 14.9 Å². The second kappa shape index (κ2) is 6.55. The Balaban J connectivity index is 1.76. The Labute approximate surface area is 141 Å². The van der Waals surface area contributed by atoms with Crippen LogP contribution in [0, 0.1) is 17.0 Å². The van der Waals surface area contributed by atoms with E-state index in [1.54, 1.807) is 0 Å². The lowest BCUT2D eigenvalue weighted by molar-refractivity contribution is -0.384. The number of nitrogens with one attached hydrogen (secondary N) is 1. The molecular formula is C16H12N4O3S. The Morgan fingerprint density at radius 2 is 1.83 bits per heavy atom. The predicted octanol–water partition coefficient (Wildman–Crippen LogP) is 3.67. The van der Waals surface area contributed by atoms with Crippen molar-refractivity contribution >= 4 is 28.1 Å². The third-order valence-corrected chi connectivity index (χ3v) is 4.23. The van der Waals surface area contributed by atoms with Gasteiger partial charge in [0, 0.05) is 23.3 Å². The summed E-state index contributed by atoms with van der Waals surface area (Å²) in [5.41, 5.74) is 2.28. The molecule has 0 spiro atoms. The molecule has 0 aliphatic carbocycles. The first-order valence-electron chi connectivity index (χ1n) is 7.00. The topological polar surface area (TPSA) is 98.0 Å². The summed E-state index contributed by atoms with van der Waals surface area (Å²) in [6.45, 7) is 1.98. The van der Waals surface area contributed by atoms with Gasteiger partial charge in [-0.05, 0) is 24.6 Å². The second-order valence-electron chi connectivity index (χ2n) is 4.99. The van der Waals surface area contributed by atoms with Crippen LogP contribution in [-0.2, 0) is 0 Å². The average Bonchev–Trinajstić information content (AvgIpc) is 3.03. The monoisotopic (exact) mass is 340 g/mol. The molecule has 2 aromatic carbocycles. The molecule has 0 unspecified atom stereocenters. The quantitative estimate of drug-likeness (QED) is 0.577. The number of non-ortho nitro benzene ring substituents is 1. The van der Waals surface area contributed by atoms with E-state index in [4.69, 9.17) is 0 Å². The summed E-state index contributed by atoms with van der Waals surface area (Å²) in [4.78, 5) is 22.3. The highest BCUT2D eigenvalue weighted by atomic mass is 32.1. The van der Waals surface area contributed by atoms with Crippen LogP contribution in [0.5, 0.6) is 0 Å². The molecule has 0 radical (unpaired) electrons. The average molecular weight is 340 g/mol. The molecule has 0 bridgehead atoms. The summed E-state index contributed by atoms with van der Waals surface area (Å²) in [5, 5.41) is 22.4. The van der Waals surface area contributed by atoms with Gasteiger partial charge in [-0.3, -0.25) is 20.2 Å². The van der Waals surface area contributed by atoms with Gasteiger partial charge in [-0.25, -0.2) is 0 Å². The summed E-state index contributed by atoms with van der Waals surface area (Å²) in [6, 6.07) is 13.1. The fourth-order valence-electron chi connectivity index (χ4n) is 2.10. The number of aromatic nitrogens is 2. The standard InChI is InChI=1S/C16H12N4O3S/c1-10-4-2-3-5-13(10)15-18-19-16(24-15)17-14(21)11-6-8-12(9-7-11)20(22)23/h2-9H,1H3,(H,17,19,21). The van der Waals surface area contributed by atoms with Crippen LogP contribution < -0.4 is 5.32 Å². The van der Waals surface area contributed by atoms with E-state index in [0.717, 1.165) is 11.1 Å². The number of amides is 1. The third kappa shape index (κ3) is 3.28. The Kier molecular flexibility index (Phi) is 4.30. The molecule has 1 heterocycles. The van der Waals surface area contributed by atoms with Gasteiger partial charge < -0.3 is 0 Å². The van der Waals surface area contributed by atoms with Gasteiger partial charge >= 0.3 is 0 Å². The van der Waals surface area contributed by atoms with E-state index in [1.165, 1.54) is 35.6 Å². The van der Waals surface area contributed by atoms with Crippen LogP contribution in [0.2, 0.25) is 0 Å². The minimum Gasteiger partial charge on any atom is -0.296 e. The van der Waals surface area contributed by atoms with Crippen LogP contribution in [0.25, 0.3) is 10.6 Å². The van der Waals surface area contributed by atoms with Crippen molar-refractivity contribution < 1.29 is 9.72 Å². The Morgan fingerprint density at radius 3 is 2.50 bits per heavy atom. The van der Waals surface area contributed by atoms with Crippen molar-refractivity contribution in [1.29, 1.82) is 0 Å². The van der Waals surface area contributed by atoms with E-state index >= 15 is 0 Å². The fourth-order valence-corrected chi connectivity index (χ4v) is 2.93. The number of carbonyl (C=O) groups excluding carboxylic acids is 1. The predicted molar refractivity (Wildman–Crippen MR) is 91.1 cm³/mol. The molecule has 0 saturated carbocycles. The van der Waals surface area contributed by atoms with E-state index in [2.05, 4.69) is 15.5 Å². The first-order chi connectivity index (χ1) is 11.5. The van der Waals surface area contributed by atoms with Crippen molar-refractivity contribution in [3.8, 4) is 10.6 Å². The van der Waals surface area contributed by atoms with Crippen LogP contribution in [0.1, 0.15) is 15.9 Å². The number of nitro benzene ring substituents is 1. The van der Waals surface area contributed by atoms with Gasteiger partial charge in [0.2, 0.25) is 5.13 Å². The van der Waals surface area contributed by atoms with Crippen LogP contribution in [0.4, 0.5) is 10.8 Å². The van der Waals surface area contributed by atoms with Crippen molar-refractivity contribution in [1.82, 2.24) is 10.2 Å². The first kappa shape index (κ1) is 15.8. The minimum atomic E-state index is -0.513. The SMILES string of the molecule is Cc1ccccc1-c1nnc(NC(=O)c2ccc([N+](=O)[O-])cc2)s1. The fraction of sp³-hybridized carbons (Fsp3) is 0.0625. The summed E-state index contributed by atoms with van der Waals surface area (Å²) < 4.78 is 0. The highest BCUT2D eigenvalue weighted by Gasteiger charge is 2.13. The lowest BCUT2D eigenvalue weighted by Gasteiger charge is -2.01. The highest BCUT2D eigenvalue weighted by molar-refractivity contribution is 7.18. The van der Waals surface area contributed by atoms with Gasteiger partial charge in [0.15, 0.2) is 0 Å². The zero-order chi connectivity index (χ0) is 17.1. The third-order valence-electron chi connectivity index (χ3n) is 3.36. The number of rotatable bonds is 4. The summed E-state index contributed by atoms with van der Waals surface area (Å²) in [7, 11) is 0. The minimum absolute atomic E-state index is 0.0655. The lowest BCUT2D eigenvalue weighted by atomic mass is 10.1. The number of benzene rings is 2. The molecule has 3 aromatic rings. The molecule has 1 amide bonds. The van der Waals surface area contributed by atoms with Crippen molar-refractivity contribution in [2.45, 2.75) is 6.92 Å². The van der Waals surface area contributed by atoms with Gasteiger partial charge in [-0.15, -0.1) is 10.2 Å². The van der Waals surface area contributed by atoms with Gasteiger partial charge in [0.1, 0.15) is 5.01 Å². The molecule has 3 rings (SSSR count). The molecule has 0 aliphatic rings. The molecule has 0 fully saturated rings. The number of aryl methyl sites for hydroxylation is 1. The number of carbonyl (C=O) groups is 1. The summed E-state index contributed by atoms with van der Waals surface area (Å²) in [6.07, 6.45) is 0. The lowest BCUT2D eigenvalue weighted by Crippen LogP contribution is -2.11. The van der Waals surface area contributed by atoms with E-state index in [0.29, 0.717) is 15.7 Å². The van der Waals surface area contributed by atoms with Gasteiger partial charge in [-0.1, -0.05) is 35.6 Å². The van der Waals surface area contributed by atoms with E-state index < -0.39 is 10.8 Å². The number of hydrogen-bond acceptors (Lipinski definition) is 6. The maximum Gasteiger partial charge on any atom is 0.269 e. The molecule has 7 nitrogen and oxygen atoms in total. The Morgan fingerprint density at radius 1 is 1.12 bits per heavy atom. The summed E-state index contributed by atoms with van der Waals surface area (Å²) in [5.74, 6) is -0.391. The van der Waals surface area contributed by atoms with Gasteiger partial charge in [0.05, 0.1) is 4.92 Å². The van der Waals surface area contributed by atoms with E-state index in [1.807, 2.05) is 31.2 Å².